The number of carboxylic acids is 1. The Morgan fingerprint density at radius 3 is 3.10 bits per heavy atom. The van der Waals surface area contributed by atoms with Crippen LogP contribution in [0.1, 0.15) is 35.7 Å². The van der Waals surface area contributed by atoms with Gasteiger partial charge in [-0.15, -0.1) is 0 Å². The molecule has 21 heavy (non-hydrogen) atoms. The first kappa shape index (κ1) is 14.4. The number of hydrogen-bond donors (Lipinski definition) is 1. The second-order valence-electron chi connectivity index (χ2n) is 5.82. The zero-order valence-electron chi connectivity index (χ0n) is 11.9. The van der Waals surface area contributed by atoms with Crippen molar-refractivity contribution in [1.82, 2.24) is 14.3 Å². The highest BCUT2D eigenvalue weighted by Gasteiger charge is 2.19. The third kappa shape index (κ3) is 2.89. The number of rotatable bonds is 3. The summed E-state index contributed by atoms with van der Waals surface area (Å²) in [4.78, 5) is 17.9. The van der Waals surface area contributed by atoms with Crippen LogP contribution < -0.4 is 0 Å². The van der Waals surface area contributed by atoms with Gasteiger partial charge in [-0.25, -0.2) is 9.78 Å². The zero-order chi connectivity index (χ0) is 15.0. The van der Waals surface area contributed by atoms with Crippen LogP contribution in [0.25, 0.3) is 5.65 Å². The van der Waals surface area contributed by atoms with Crippen LogP contribution in [0.15, 0.2) is 18.5 Å². The molecule has 0 unspecified atom stereocenters. The number of carboxylic acid groups (broad SMARTS) is 1. The Morgan fingerprint density at radius 1 is 1.57 bits per heavy atom. The van der Waals surface area contributed by atoms with E-state index in [-0.39, 0.29) is 5.56 Å². The average molecular weight is 308 g/mol. The molecular weight excluding hydrogens is 290 g/mol. The fraction of sp³-hybridized carbons (Fsp3) is 0.467. The van der Waals surface area contributed by atoms with Gasteiger partial charge in [0, 0.05) is 19.3 Å². The molecule has 6 heteroatoms. The molecule has 0 amide bonds. The second-order valence-corrected chi connectivity index (χ2v) is 6.21. The Kier molecular flexibility index (Phi) is 3.87. The summed E-state index contributed by atoms with van der Waals surface area (Å²) in [6, 6.07) is 1.71. The molecule has 2 aromatic heterocycles. The Bertz CT molecular complexity index is 683. The van der Waals surface area contributed by atoms with Gasteiger partial charge >= 0.3 is 5.97 Å². The van der Waals surface area contributed by atoms with Gasteiger partial charge in [0.2, 0.25) is 0 Å². The van der Waals surface area contributed by atoms with Gasteiger partial charge in [0.25, 0.3) is 0 Å². The number of piperidine rings is 1. The number of likely N-dealkylation sites (tertiary alicyclic amines) is 1. The summed E-state index contributed by atoms with van der Waals surface area (Å²) in [5, 5.41) is 9.79. The minimum atomic E-state index is -0.976. The van der Waals surface area contributed by atoms with Crippen molar-refractivity contribution in [2.24, 2.45) is 5.92 Å². The minimum Gasteiger partial charge on any atom is -0.478 e. The molecular formula is C15H18ClN3O2. The van der Waals surface area contributed by atoms with Crippen molar-refractivity contribution in [2.45, 2.75) is 26.3 Å². The van der Waals surface area contributed by atoms with E-state index in [1.54, 1.807) is 10.5 Å². The van der Waals surface area contributed by atoms with Crippen molar-refractivity contribution < 1.29 is 9.90 Å². The van der Waals surface area contributed by atoms with Crippen molar-refractivity contribution in [1.29, 1.82) is 0 Å². The van der Waals surface area contributed by atoms with E-state index in [1.807, 2.05) is 6.20 Å². The topological polar surface area (TPSA) is 57.8 Å². The van der Waals surface area contributed by atoms with Gasteiger partial charge in [-0.05, 0) is 36.9 Å². The van der Waals surface area contributed by atoms with Crippen molar-refractivity contribution >= 4 is 23.2 Å². The standard InChI is InChI=1S/C15H18ClN3O2/c1-10-3-2-4-18(7-10)8-11-5-12(15(20)21)14-17-6-13(16)19(14)9-11/h5-6,9-10H,2-4,7-8H2,1H3,(H,20,21)/t10-/m0/s1. The van der Waals surface area contributed by atoms with Crippen molar-refractivity contribution in [3.8, 4) is 0 Å². The average Bonchev–Trinajstić information content (AvgIpc) is 2.80. The number of nitrogens with zero attached hydrogens (tertiary/aromatic N) is 3. The lowest BCUT2D eigenvalue weighted by Crippen LogP contribution is -2.33. The van der Waals surface area contributed by atoms with E-state index >= 15 is 0 Å². The molecule has 0 saturated carbocycles. The monoisotopic (exact) mass is 307 g/mol. The van der Waals surface area contributed by atoms with E-state index < -0.39 is 5.97 Å². The first-order chi connectivity index (χ1) is 10.0. The Morgan fingerprint density at radius 2 is 2.38 bits per heavy atom. The summed E-state index contributed by atoms with van der Waals surface area (Å²) < 4.78 is 1.65. The molecule has 3 rings (SSSR count). The van der Waals surface area contributed by atoms with Gasteiger partial charge in [-0.1, -0.05) is 18.5 Å². The summed E-state index contributed by atoms with van der Waals surface area (Å²) in [6.45, 7) is 5.11. The number of aromatic carboxylic acids is 1. The second kappa shape index (κ2) is 5.66. The van der Waals surface area contributed by atoms with Crippen molar-refractivity contribution in [3.05, 3.63) is 34.7 Å². The molecule has 1 N–H and O–H groups in total. The molecule has 0 bridgehead atoms. The van der Waals surface area contributed by atoms with Crippen LogP contribution in [0.4, 0.5) is 0 Å². The number of pyridine rings is 1. The van der Waals surface area contributed by atoms with E-state index in [1.165, 1.54) is 19.0 Å². The van der Waals surface area contributed by atoms with Crippen LogP contribution in [0.2, 0.25) is 5.15 Å². The lowest BCUT2D eigenvalue weighted by Gasteiger charge is -2.30. The molecule has 0 aromatic carbocycles. The van der Waals surface area contributed by atoms with E-state index in [4.69, 9.17) is 11.6 Å². The number of imidazole rings is 1. The van der Waals surface area contributed by atoms with Gasteiger partial charge in [-0.3, -0.25) is 9.30 Å². The van der Waals surface area contributed by atoms with Crippen LogP contribution in [-0.4, -0.2) is 38.4 Å². The minimum absolute atomic E-state index is 0.199. The number of halogens is 1. The SMILES string of the molecule is C[C@H]1CCCN(Cc2cc(C(=O)O)c3ncc(Cl)n3c2)C1. The summed E-state index contributed by atoms with van der Waals surface area (Å²) in [7, 11) is 0. The van der Waals surface area contributed by atoms with Gasteiger partial charge in [0.15, 0.2) is 5.65 Å². The summed E-state index contributed by atoms with van der Waals surface area (Å²) >= 11 is 6.08. The molecule has 1 atom stereocenters. The van der Waals surface area contributed by atoms with E-state index in [2.05, 4.69) is 16.8 Å². The maximum Gasteiger partial charge on any atom is 0.339 e. The highest BCUT2D eigenvalue weighted by atomic mass is 35.5. The number of hydrogen-bond acceptors (Lipinski definition) is 3. The van der Waals surface area contributed by atoms with E-state index in [9.17, 15) is 9.90 Å². The molecule has 5 nitrogen and oxygen atoms in total. The van der Waals surface area contributed by atoms with Crippen molar-refractivity contribution in [2.75, 3.05) is 13.1 Å². The van der Waals surface area contributed by atoms with Crippen LogP contribution in [0.3, 0.4) is 0 Å². The predicted octanol–water partition coefficient (Wildman–Crippen LogP) is 2.92. The van der Waals surface area contributed by atoms with Gasteiger partial charge in [0.05, 0.1) is 6.20 Å². The Hall–Kier alpha value is -1.59. The Labute approximate surface area is 128 Å². The molecule has 0 spiro atoms. The third-order valence-electron chi connectivity index (χ3n) is 3.99. The smallest absolute Gasteiger partial charge is 0.339 e. The number of fused-ring (bicyclic) bond motifs is 1. The molecule has 1 fully saturated rings. The zero-order valence-corrected chi connectivity index (χ0v) is 12.7. The van der Waals surface area contributed by atoms with Crippen LogP contribution >= 0.6 is 11.6 Å². The fourth-order valence-electron chi connectivity index (χ4n) is 3.05. The Balaban J connectivity index is 1.94. The lowest BCUT2D eigenvalue weighted by atomic mass is 10.00. The summed E-state index contributed by atoms with van der Waals surface area (Å²) in [6.07, 6.45) is 5.83. The van der Waals surface area contributed by atoms with Crippen LogP contribution in [-0.2, 0) is 6.54 Å². The number of carbonyl (C=O) groups is 1. The molecule has 2 aromatic rings. The molecule has 1 aliphatic rings. The van der Waals surface area contributed by atoms with Crippen LogP contribution in [0, 0.1) is 5.92 Å². The highest BCUT2D eigenvalue weighted by molar-refractivity contribution is 6.29. The lowest BCUT2D eigenvalue weighted by molar-refractivity contribution is 0.0698. The quantitative estimate of drug-likeness (QED) is 0.947. The van der Waals surface area contributed by atoms with E-state index in [0.29, 0.717) is 16.7 Å². The maximum atomic E-state index is 11.4. The summed E-state index contributed by atoms with van der Waals surface area (Å²) in [5.74, 6) is -0.283. The molecule has 0 radical (unpaired) electrons. The van der Waals surface area contributed by atoms with E-state index in [0.717, 1.165) is 25.2 Å². The fourth-order valence-corrected chi connectivity index (χ4v) is 3.23. The normalized spacial score (nSPS) is 20.0. The molecule has 1 aliphatic heterocycles. The maximum absolute atomic E-state index is 11.4. The first-order valence-electron chi connectivity index (χ1n) is 7.15. The first-order valence-corrected chi connectivity index (χ1v) is 7.53. The molecule has 1 saturated heterocycles. The van der Waals surface area contributed by atoms with Gasteiger partial charge in [0.1, 0.15) is 10.7 Å². The third-order valence-corrected chi connectivity index (χ3v) is 4.27. The van der Waals surface area contributed by atoms with Gasteiger partial charge < -0.3 is 5.11 Å². The van der Waals surface area contributed by atoms with Crippen molar-refractivity contribution in [3.63, 3.8) is 0 Å². The van der Waals surface area contributed by atoms with Crippen LogP contribution in [0.5, 0.6) is 0 Å². The molecule has 3 heterocycles. The predicted molar refractivity (Wildman–Crippen MR) is 80.8 cm³/mol. The molecule has 112 valence electrons. The largest absolute Gasteiger partial charge is 0.478 e. The summed E-state index contributed by atoms with van der Waals surface area (Å²) in [5.41, 5.74) is 1.54. The molecule has 0 aliphatic carbocycles. The highest BCUT2D eigenvalue weighted by Crippen LogP contribution is 2.21. The van der Waals surface area contributed by atoms with Gasteiger partial charge in [-0.2, -0.15) is 0 Å². The number of aromatic nitrogens is 2.